The van der Waals surface area contributed by atoms with Gasteiger partial charge < -0.3 is 9.73 Å². The molecule has 0 radical (unpaired) electrons. The first-order valence-electron chi connectivity index (χ1n) is 11.0. The van der Waals surface area contributed by atoms with Crippen LogP contribution in [0.15, 0.2) is 82.1 Å². The van der Waals surface area contributed by atoms with Gasteiger partial charge in [0.2, 0.25) is 27.5 Å². The van der Waals surface area contributed by atoms with Gasteiger partial charge >= 0.3 is 0 Å². The predicted molar refractivity (Wildman–Crippen MR) is 133 cm³/mol. The van der Waals surface area contributed by atoms with Crippen molar-refractivity contribution >= 4 is 27.5 Å². The normalized spacial score (nSPS) is 13.7. The molecular formula is C26H21ClN4O3S. The van der Waals surface area contributed by atoms with Gasteiger partial charge in [0.25, 0.3) is 0 Å². The van der Waals surface area contributed by atoms with E-state index in [0.717, 1.165) is 11.1 Å². The highest BCUT2D eigenvalue weighted by molar-refractivity contribution is 7.89. The summed E-state index contributed by atoms with van der Waals surface area (Å²) < 4.78 is 33.7. The van der Waals surface area contributed by atoms with Gasteiger partial charge in [0.05, 0.1) is 4.90 Å². The Morgan fingerprint density at radius 3 is 2.49 bits per heavy atom. The molecule has 1 N–H and O–H groups in total. The van der Waals surface area contributed by atoms with E-state index >= 15 is 0 Å². The van der Waals surface area contributed by atoms with Crippen molar-refractivity contribution in [3.05, 3.63) is 100 Å². The van der Waals surface area contributed by atoms with E-state index in [2.05, 4.69) is 10.3 Å². The number of benzene rings is 3. The van der Waals surface area contributed by atoms with Gasteiger partial charge in [-0.3, -0.25) is 0 Å². The van der Waals surface area contributed by atoms with Gasteiger partial charge in [0, 0.05) is 30.2 Å². The van der Waals surface area contributed by atoms with Crippen molar-refractivity contribution in [1.29, 1.82) is 5.26 Å². The van der Waals surface area contributed by atoms with E-state index in [9.17, 15) is 13.7 Å². The summed E-state index contributed by atoms with van der Waals surface area (Å²) in [6.45, 7) is 1.15. The van der Waals surface area contributed by atoms with Crippen LogP contribution in [0.3, 0.4) is 0 Å². The topological polar surface area (TPSA) is 99.2 Å². The minimum absolute atomic E-state index is 0.107. The molecule has 1 aliphatic heterocycles. The fraction of sp³-hybridized carbons (Fsp3) is 0.154. The zero-order chi connectivity index (χ0) is 24.4. The van der Waals surface area contributed by atoms with E-state index in [-0.39, 0.29) is 22.4 Å². The third-order valence-electron chi connectivity index (χ3n) is 5.96. The lowest BCUT2D eigenvalue weighted by Crippen LogP contribution is -2.35. The predicted octanol–water partition coefficient (Wildman–Crippen LogP) is 5.23. The molecule has 0 aliphatic carbocycles. The maximum atomic E-state index is 13.2. The summed E-state index contributed by atoms with van der Waals surface area (Å²) in [4.78, 5) is 4.46. The molecule has 0 amide bonds. The maximum Gasteiger partial charge on any atom is 0.243 e. The van der Waals surface area contributed by atoms with Crippen molar-refractivity contribution in [2.75, 3.05) is 11.9 Å². The lowest BCUT2D eigenvalue weighted by atomic mass is 10.0. The molecule has 7 nitrogen and oxygen atoms in total. The van der Waals surface area contributed by atoms with Crippen LogP contribution in [0.2, 0.25) is 5.02 Å². The van der Waals surface area contributed by atoms with Crippen molar-refractivity contribution < 1.29 is 12.8 Å². The summed E-state index contributed by atoms with van der Waals surface area (Å²) in [7, 11) is -3.65. The molecule has 0 saturated carbocycles. The highest BCUT2D eigenvalue weighted by Gasteiger charge is 2.28. The van der Waals surface area contributed by atoms with Crippen LogP contribution in [0.4, 0.5) is 5.88 Å². The Morgan fingerprint density at radius 2 is 1.74 bits per heavy atom. The molecule has 4 aromatic rings. The van der Waals surface area contributed by atoms with Crippen molar-refractivity contribution in [2.24, 2.45) is 0 Å². The number of nitriles is 1. The molecule has 0 saturated heterocycles. The zero-order valence-electron chi connectivity index (χ0n) is 18.6. The Hall–Kier alpha value is -3.64. The Balaban J connectivity index is 1.34. The highest BCUT2D eigenvalue weighted by Crippen LogP contribution is 2.29. The van der Waals surface area contributed by atoms with Gasteiger partial charge in [-0.05, 0) is 53.4 Å². The molecule has 0 fully saturated rings. The number of sulfonamides is 1. The number of hydrogen-bond acceptors (Lipinski definition) is 6. The second-order valence-electron chi connectivity index (χ2n) is 8.14. The average molecular weight is 505 g/mol. The van der Waals surface area contributed by atoms with Gasteiger partial charge in [-0.25, -0.2) is 8.42 Å². The fourth-order valence-electron chi connectivity index (χ4n) is 4.05. The Kier molecular flexibility index (Phi) is 6.31. The average Bonchev–Trinajstić information content (AvgIpc) is 3.31. The smallest absolute Gasteiger partial charge is 0.243 e. The molecule has 0 bridgehead atoms. The molecule has 3 aromatic carbocycles. The quantitative estimate of drug-likeness (QED) is 0.386. The molecule has 0 spiro atoms. The Morgan fingerprint density at radius 1 is 1.03 bits per heavy atom. The molecule has 2 heterocycles. The van der Waals surface area contributed by atoms with E-state index in [1.807, 2.05) is 48.5 Å². The fourth-order valence-corrected chi connectivity index (χ4v) is 5.67. The number of halogens is 1. The van der Waals surface area contributed by atoms with Gasteiger partial charge in [-0.15, -0.1) is 0 Å². The van der Waals surface area contributed by atoms with Crippen LogP contribution in [0, 0.1) is 11.3 Å². The van der Waals surface area contributed by atoms with Crippen LogP contribution in [0.1, 0.15) is 22.4 Å². The summed E-state index contributed by atoms with van der Waals surface area (Å²) in [5, 5.41) is 13.1. The number of aromatic nitrogens is 1. The standard InChI is InChI=1S/C26H21ClN4O3S/c27-23-8-4-3-6-20(23)16-29-26-24(15-28)30-25(34-26)19-9-11-22(12-10-19)35(32,33)31-14-13-18-5-1-2-7-21(18)17-31/h1-12,29H,13-14,16-17H2. The molecule has 1 aliphatic rings. The number of nitrogens with one attached hydrogen (secondary N) is 1. The van der Waals surface area contributed by atoms with Gasteiger partial charge in [0.1, 0.15) is 6.07 Å². The zero-order valence-corrected chi connectivity index (χ0v) is 20.2. The number of rotatable bonds is 6. The maximum absolute atomic E-state index is 13.2. The first-order valence-corrected chi connectivity index (χ1v) is 12.8. The third-order valence-corrected chi connectivity index (χ3v) is 8.19. The largest absolute Gasteiger partial charge is 0.419 e. The van der Waals surface area contributed by atoms with E-state index in [4.69, 9.17) is 16.0 Å². The van der Waals surface area contributed by atoms with E-state index in [1.165, 1.54) is 22.0 Å². The van der Waals surface area contributed by atoms with Crippen LogP contribution in [-0.2, 0) is 29.5 Å². The van der Waals surface area contributed by atoms with Crippen molar-refractivity contribution in [1.82, 2.24) is 9.29 Å². The second kappa shape index (κ2) is 9.55. The molecule has 0 atom stereocenters. The summed E-state index contributed by atoms with van der Waals surface area (Å²) in [6.07, 6.45) is 0.685. The summed E-state index contributed by atoms with van der Waals surface area (Å²) in [5.74, 6) is 0.449. The van der Waals surface area contributed by atoms with Crippen LogP contribution < -0.4 is 5.32 Å². The lowest BCUT2D eigenvalue weighted by molar-refractivity contribution is 0.391. The van der Waals surface area contributed by atoms with E-state index < -0.39 is 10.0 Å². The van der Waals surface area contributed by atoms with Crippen LogP contribution in [0.5, 0.6) is 0 Å². The monoisotopic (exact) mass is 504 g/mol. The minimum Gasteiger partial charge on any atom is -0.419 e. The van der Waals surface area contributed by atoms with E-state index in [0.29, 0.717) is 36.6 Å². The molecule has 176 valence electrons. The number of nitrogens with zero attached hydrogens (tertiary/aromatic N) is 3. The van der Waals surface area contributed by atoms with Crippen LogP contribution in [0.25, 0.3) is 11.5 Å². The molecular weight excluding hydrogens is 484 g/mol. The molecule has 5 rings (SSSR count). The van der Waals surface area contributed by atoms with Crippen LogP contribution in [-0.4, -0.2) is 24.3 Å². The van der Waals surface area contributed by atoms with Crippen molar-refractivity contribution in [3.8, 4) is 17.5 Å². The first kappa shape index (κ1) is 23.1. The van der Waals surface area contributed by atoms with Crippen molar-refractivity contribution in [3.63, 3.8) is 0 Å². The molecule has 1 aromatic heterocycles. The van der Waals surface area contributed by atoms with Gasteiger partial charge in [-0.2, -0.15) is 14.6 Å². The Bertz CT molecular complexity index is 1520. The first-order chi connectivity index (χ1) is 17.0. The van der Waals surface area contributed by atoms with Crippen LogP contribution >= 0.6 is 11.6 Å². The number of fused-ring (bicyclic) bond motifs is 1. The lowest BCUT2D eigenvalue weighted by Gasteiger charge is -2.28. The third kappa shape index (κ3) is 4.66. The SMILES string of the molecule is N#Cc1nc(-c2ccc(S(=O)(=O)N3CCc4ccccc4C3)cc2)oc1NCc1ccccc1Cl. The summed E-state index contributed by atoms with van der Waals surface area (Å²) >= 11 is 6.19. The van der Waals surface area contributed by atoms with Gasteiger partial charge in [-0.1, -0.05) is 54.1 Å². The summed E-state index contributed by atoms with van der Waals surface area (Å²) in [6, 6.07) is 23.6. The Labute approximate surface area is 208 Å². The number of anilines is 1. The van der Waals surface area contributed by atoms with E-state index in [1.54, 1.807) is 18.2 Å². The van der Waals surface area contributed by atoms with Crippen molar-refractivity contribution in [2.45, 2.75) is 24.4 Å². The number of oxazole rings is 1. The number of hydrogen-bond donors (Lipinski definition) is 1. The summed E-state index contributed by atoms with van der Waals surface area (Å²) in [5.41, 5.74) is 3.74. The minimum atomic E-state index is -3.65. The highest BCUT2D eigenvalue weighted by atomic mass is 35.5. The molecule has 9 heteroatoms. The molecule has 35 heavy (non-hydrogen) atoms. The molecule has 0 unspecified atom stereocenters. The van der Waals surface area contributed by atoms with Gasteiger partial charge in [0.15, 0.2) is 0 Å². The second-order valence-corrected chi connectivity index (χ2v) is 10.5.